The van der Waals surface area contributed by atoms with E-state index in [2.05, 4.69) is 34.6 Å². The lowest BCUT2D eigenvalue weighted by Gasteiger charge is -2.18. The van der Waals surface area contributed by atoms with Crippen molar-refractivity contribution in [1.82, 2.24) is 0 Å². The Morgan fingerprint density at radius 2 is 0.660 bits per heavy atom. The number of hydrogen-bond donors (Lipinski definition) is 0. The van der Waals surface area contributed by atoms with Crippen LogP contribution in [0, 0.1) is 11.8 Å². The Kier molecular flexibility index (Phi) is 36.0. The van der Waals surface area contributed by atoms with Gasteiger partial charge < -0.3 is 14.2 Å². The number of esters is 3. The number of rotatable bonds is 38. The van der Waals surface area contributed by atoms with Gasteiger partial charge in [-0.25, -0.2) is 0 Å². The lowest BCUT2D eigenvalue weighted by molar-refractivity contribution is -0.167. The molecule has 0 heterocycles. The zero-order chi connectivity index (χ0) is 36.9. The molecule has 6 heteroatoms. The average Bonchev–Trinajstić information content (AvgIpc) is 3.08. The summed E-state index contributed by atoms with van der Waals surface area (Å²) in [5.74, 6) is 0.757. The van der Waals surface area contributed by atoms with Gasteiger partial charge in [-0.3, -0.25) is 14.4 Å². The molecule has 0 amide bonds. The second-order valence-corrected chi connectivity index (χ2v) is 15.9. The fourth-order valence-corrected chi connectivity index (χ4v) is 6.40. The SMILES string of the molecule is CCCCCCCCCC(=O)OC[C@@H](COC(=O)CCCCCCCCCCCCC(C)C)OC(=O)CCCCCCCCCCCC(C)C. The van der Waals surface area contributed by atoms with E-state index in [9.17, 15) is 14.4 Å². The van der Waals surface area contributed by atoms with E-state index in [-0.39, 0.29) is 31.1 Å². The van der Waals surface area contributed by atoms with E-state index in [4.69, 9.17) is 14.2 Å². The van der Waals surface area contributed by atoms with Gasteiger partial charge in [-0.05, 0) is 31.1 Å². The van der Waals surface area contributed by atoms with Crippen LogP contribution in [0.1, 0.15) is 234 Å². The first-order chi connectivity index (χ1) is 24.2. The van der Waals surface area contributed by atoms with E-state index in [0.717, 1.165) is 69.6 Å². The Hall–Kier alpha value is -1.59. The van der Waals surface area contributed by atoms with Gasteiger partial charge in [0.25, 0.3) is 0 Å². The maximum Gasteiger partial charge on any atom is 0.306 e. The van der Waals surface area contributed by atoms with Crippen molar-refractivity contribution in [2.75, 3.05) is 13.2 Å². The molecule has 0 aromatic heterocycles. The molecule has 0 fully saturated rings. The molecular formula is C44H84O6. The van der Waals surface area contributed by atoms with E-state index in [0.29, 0.717) is 19.3 Å². The van der Waals surface area contributed by atoms with Crippen molar-refractivity contribution in [3.63, 3.8) is 0 Å². The lowest BCUT2D eigenvalue weighted by Crippen LogP contribution is -2.30. The Balaban J connectivity index is 4.29. The van der Waals surface area contributed by atoms with Crippen LogP contribution < -0.4 is 0 Å². The third-order valence-electron chi connectivity index (χ3n) is 9.72. The molecule has 0 saturated carbocycles. The van der Waals surface area contributed by atoms with Crippen molar-refractivity contribution in [1.29, 1.82) is 0 Å². The summed E-state index contributed by atoms with van der Waals surface area (Å²) in [6, 6.07) is 0. The maximum absolute atomic E-state index is 12.7. The van der Waals surface area contributed by atoms with Gasteiger partial charge in [-0.2, -0.15) is 0 Å². The van der Waals surface area contributed by atoms with Gasteiger partial charge in [0, 0.05) is 19.3 Å². The minimum absolute atomic E-state index is 0.0659. The number of unbranched alkanes of at least 4 members (excludes halogenated alkanes) is 23. The summed E-state index contributed by atoms with van der Waals surface area (Å²) >= 11 is 0. The highest BCUT2D eigenvalue weighted by Gasteiger charge is 2.19. The molecule has 0 saturated heterocycles. The molecule has 0 unspecified atom stereocenters. The Morgan fingerprint density at radius 1 is 0.380 bits per heavy atom. The third kappa shape index (κ3) is 37.7. The molecule has 0 aromatic rings. The van der Waals surface area contributed by atoms with E-state index in [1.807, 2.05) is 0 Å². The molecule has 0 bridgehead atoms. The van der Waals surface area contributed by atoms with E-state index < -0.39 is 6.10 Å². The molecular weight excluding hydrogens is 624 g/mol. The van der Waals surface area contributed by atoms with Crippen LogP contribution in [0.3, 0.4) is 0 Å². The molecule has 0 aliphatic heterocycles. The fourth-order valence-electron chi connectivity index (χ4n) is 6.40. The second kappa shape index (κ2) is 37.2. The monoisotopic (exact) mass is 709 g/mol. The Bertz CT molecular complexity index is 764. The van der Waals surface area contributed by atoms with Crippen LogP contribution in [0.25, 0.3) is 0 Å². The van der Waals surface area contributed by atoms with Gasteiger partial charge >= 0.3 is 17.9 Å². The molecule has 6 nitrogen and oxygen atoms in total. The Morgan fingerprint density at radius 3 is 0.980 bits per heavy atom. The number of hydrogen-bond acceptors (Lipinski definition) is 6. The summed E-state index contributed by atoms with van der Waals surface area (Å²) in [5, 5.41) is 0. The molecule has 0 spiro atoms. The molecule has 0 N–H and O–H groups in total. The molecule has 0 aromatic carbocycles. The van der Waals surface area contributed by atoms with E-state index in [1.165, 1.54) is 122 Å². The summed E-state index contributed by atoms with van der Waals surface area (Å²) in [4.78, 5) is 37.5. The average molecular weight is 709 g/mol. The predicted octanol–water partition coefficient (Wildman–Crippen LogP) is 13.4. The van der Waals surface area contributed by atoms with Crippen LogP contribution in [-0.2, 0) is 28.6 Å². The minimum Gasteiger partial charge on any atom is -0.462 e. The summed E-state index contributed by atoms with van der Waals surface area (Å²) in [5.41, 5.74) is 0. The zero-order valence-electron chi connectivity index (χ0n) is 34.0. The molecule has 296 valence electrons. The summed E-state index contributed by atoms with van der Waals surface area (Å²) in [7, 11) is 0. The lowest BCUT2D eigenvalue weighted by atomic mass is 10.0. The first kappa shape index (κ1) is 48.4. The van der Waals surface area contributed by atoms with Crippen LogP contribution >= 0.6 is 0 Å². The highest BCUT2D eigenvalue weighted by atomic mass is 16.6. The number of carbonyl (C=O) groups excluding carboxylic acids is 3. The van der Waals surface area contributed by atoms with E-state index >= 15 is 0 Å². The summed E-state index contributed by atoms with van der Waals surface area (Å²) in [6.07, 6.45) is 33.9. The third-order valence-corrected chi connectivity index (χ3v) is 9.72. The van der Waals surface area contributed by atoms with Crippen LogP contribution in [0.4, 0.5) is 0 Å². The molecule has 0 rings (SSSR count). The van der Waals surface area contributed by atoms with Gasteiger partial charge in [-0.1, -0.05) is 195 Å². The van der Waals surface area contributed by atoms with Crippen molar-refractivity contribution in [3.8, 4) is 0 Å². The molecule has 1 atom stereocenters. The quantitative estimate of drug-likeness (QED) is 0.0361. The van der Waals surface area contributed by atoms with Crippen LogP contribution in [0.15, 0.2) is 0 Å². The minimum atomic E-state index is -0.759. The largest absolute Gasteiger partial charge is 0.462 e. The van der Waals surface area contributed by atoms with Crippen LogP contribution in [0.5, 0.6) is 0 Å². The molecule has 0 aliphatic rings. The van der Waals surface area contributed by atoms with Crippen molar-refractivity contribution < 1.29 is 28.6 Å². The predicted molar refractivity (Wildman–Crippen MR) is 210 cm³/mol. The van der Waals surface area contributed by atoms with Gasteiger partial charge in [0.15, 0.2) is 6.10 Å². The first-order valence-corrected chi connectivity index (χ1v) is 21.7. The van der Waals surface area contributed by atoms with Gasteiger partial charge in [0.05, 0.1) is 0 Å². The zero-order valence-corrected chi connectivity index (χ0v) is 34.0. The fraction of sp³-hybridized carbons (Fsp3) is 0.932. The molecule has 50 heavy (non-hydrogen) atoms. The Labute approximate surface area is 310 Å². The van der Waals surface area contributed by atoms with Crippen LogP contribution in [-0.4, -0.2) is 37.2 Å². The van der Waals surface area contributed by atoms with Gasteiger partial charge in [0.1, 0.15) is 13.2 Å². The van der Waals surface area contributed by atoms with Crippen molar-refractivity contribution >= 4 is 17.9 Å². The first-order valence-electron chi connectivity index (χ1n) is 21.7. The summed E-state index contributed by atoms with van der Waals surface area (Å²) in [6.45, 7) is 11.3. The van der Waals surface area contributed by atoms with Gasteiger partial charge in [0.2, 0.25) is 0 Å². The highest BCUT2D eigenvalue weighted by molar-refractivity contribution is 5.71. The topological polar surface area (TPSA) is 78.9 Å². The maximum atomic E-state index is 12.7. The number of ether oxygens (including phenoxy) is 3. The van der Waals surface area contributed by atoms with Crippen molar-refractivity contribution in [2.24, 2.45) is 11.8 Å². The van der Waals surface area contributed by atoms with Crippen LogP contribution in [0.2, 0.25) is 0 Å². The molecule has 0 radical (unpaired) electrons. The van der Waals surface area contributed by atoms with Crippen molar-refractivity contribution in [3.05, 3.63) is 0 Å². The number of carbonyl (C=O) groups is 3. The smallest absolute Gasteiger partial charge is 0.306 e. The second-order valence-electron chi connectivity index (χ2n) is 15.9. The highest BCUT2D eigenvalue weighted by Crippen LogP contribution is 2.16. The summed E-state index contributed by atoms with van der Waals surface area (Å²) < 4.78 is 16.6. The van der Waals surface area contributed by atoms with Crippen molar-refractivity contribution in [2.45, 2.75) is 240 Å². The normalized spacial score (nSPS) is 12.1. The van der Waals surface area contributed by atoms with E-state index in [1.54, 1.807) is 0 Å². The molecule has 0 aliphatic carbocycles. The standard InChI is InChI=1S/C44H84O6/c1-6-7-8-9-17-24-29-34-42(45)48-37-41(50-44(47)36-31-26-21-16-12-14-19-23-28-33-40(4)5)38-49-43(46)35-30-25-20-15-11-10-13-18-22-27-32-39(2)3/h39-41H,6-38H2,1-5H3/t41-/m0/s1. The van der Waals surface area contributed by atoms with Gasteiger partial charge in [-0.15, -0.1) is 0 Å².